The summed E-state index contributed by atoms with van der Waals surface area (Å²) < 4.78 is 18.0. The van der Waals surface area contributed by atoms with E-state index in [-0.39, 0.29) is 27.7 Å². The summed E-state index contributed by atoms with van der Waals surface area (Å²) in [5, 5.41) is 24.6. The minimum atomic E-state index is -0.436. The smallest absolute Gasteiger partial charge is 0.225 e. The number of aromatic nitrogens is 2. The molecule has 0 aliphatic carbocycles. The van der Waals surface area contributed by atoms with E-state index in [1.54, 1.807) is 0 Å². The van der Waals surface area contributed by atoms with Crippen LogP contribution in [0.5, 0.6) is 0 Å². The Balaban J connectivity index is 2.20. The normalized spacial score (nSPS) is 11.3. The number of oxime groups is 1. The average Bonchev–Trinajstić information content (AvgIpc) is 2.96. The van der Waals surface area contributed by atoms with E-state index in [0.29, 0.717) is 18.5 Å². The van der Waals surface area contributed by atoms with E-state index in [2.05, 4.69) is 46.7 Å². The van der Waals surface area contributed by atoms with Gasteiger partial charge in [-0.25, -0.2) is 9.02 Å². The van der Waals surface area contributed by atoms with Crippen LogP contribution in [0.2, 0.25) is 0 Å². The lowest BCUT2D eigenvalue weighted by molar-refractivity contribution is -0.116. The van der Waals surface area contributed by atoms with Gasteiger partial charge in [-0.1, -0.05) is 12.1 Å². The summed E-state index contributed by atoms with van der Waals surface area (Å²) in [6, 6.07) is 4.11. The quantitative estimate of drug-likeness (QED) is 0.315. The fraction of sp³-hybridized carbons (Fsp3) is 0.231. The van der Waals surface area contributed by atoms with Crippen molar-refractivity contribution in [3.8, 4) is 0 Å². The number of carbonyl (C=O) groups is 1. The van der Waals surface area contributed by atoms with E-state index < -0.39 is 5.82 Å². The van der Waals surface area contributed by atoms with Crippen LogP contribution in [-0.2, 0) is 4.79 Å². The minimum absolute atomic E-state index is 0.0115. The van der Waals surface area contributed by atoms with Crippen LogP contribution in [0.25, 0.3) is 0 Å². The molecule has 2 rings (SSSR count). The van der Waals surface area contributed by atoms with E-state index in [4.69, 9.17) is 5.21 Å². The highest BCUT2D eigenvalue weighted by atomic mass is 79.9. The molecule has 1 aromatic heterocycles. The van der Waals surface area contributed by atoms with Crippen molar-refractivity contribution in [1.29, 1.82) is 0 Å². The van der Waals surface area contributed by atoms with Crippen molar-refractivity contribution in [1.82, 2.24) is 10.3 Å². The second-order valence-electron chi connectivity index (χ2n) is 4.46. The Morgan fingerprint density at radius 1 is 1.43 bits per heavy atom. The Morgan fingerprint density at radius 2 is 2.22 bits per heavy atom. The molecule has 3 N–H and O–H groups in total. The number of benzene rings is 1. The molecular weight excluding hydrogens is 373 g/mol. The SMILES string of the molecule is CCCC(=O)Nc1nonc1/C(=N\O)Nc1ccc(F)c(Br)c1. The summed E-state index contributed by atoms with van der Waals surface area (Å²) >= 11 is 3.05. The lowest BCUT2D eigenvalue weighted by Gasteiger charge is -2.08. The molecule has 122 valence electrons. The Bertz CT molecular complexity index is 734. The summed E-state index contributed by atoms with van der Waals surface area (Å²) in [5.74, 6) is -0.804. The average molecular weight is 386 g/mol. The molecule has 0 atom stereocenters. The number of nitrogens with zero attached hydrogens (tertiary/aromatic N) is 3. The van der Waals surface area contributed by atoms with Crippen LogP contribution in [0.1, 0.15) is 25.5 Å². The highest BCUT2D eigenvalue weighted by molar-refractivity contribution is 9.10. The van der Waals surface area contributed by atoms with Gasteiger partial charge in [-0.2, -0.15) is 0 Å². The lowest BCUT2D eigenvalue weighted by Crippen LogP contribution is -2.19. The van der Waals surface area contributed by atoms with E-state index in [1.165, 1.54) is 18.2 Å². The fourth-order valence-corrected chi connectivity index (χ4v) is 2.07. The number of hydrogen-bond acceptors (Lipinski definition) is 6. The second-order valence-corrected chi connectivity index (χ2v) is 5.32. The van der Waals surface area contributed by atoms with Crippen LogP contribution in [0.15, 0.2) is 32.5 Å². The third-order valence-electron chi connectivity index (χ3n) is 2.73. The number of amidine groups is 1. The highest BCUT2D eigenvalue weighted by Crippen LogP contribution is 2.21. The number of nitrogens with one attached hydrogen (secondary N) is 2. The Morgan fingerprint density at radius 3 is 2.87 bits per heavy atom. The van der Waals surface area contributed by atoms with Gasteiger partial charge in [-0.3, -0.25) is 4.79 Å². The number of anilines is 2. The van der Waals surface area contributed by atoms with Gasteiger partial charge in [0.25, 0.3) is 0 Å². The van der Waals surface area contributed by atoms with Crippen molar-refractivity contribution in [3.63, 3.8) is 0 Å². The zero-order chi connectivity index (χ0) is 16.8. The molecule has 10 heteroatoms. The van der Waals surface area contributed by atoms with Crippen LogP contribution >= 0.6 is 15.9 Å². The van der Waals surface area contributed by atoms with Crippen molar-refractivity contribution in [3.05, 3.63) is 34.2 Å². The Labute approximate surface area is 138 Å². The molecule has 0 saturated heterocycles. The third-order valence-corrected chi connectivity index (χ3v) is 3.34. The molecule has 0 bridgehead atoms. The van der Waals surface area contributed by atoms with Gasteiger partial charge < -0.3 is 15.8 Å². The maximum absolute atomic E-state index is 13.2. The number of amides is 1. The maximum Gasteiger partial charge on any atom is 0.225 e. The molecule has 1 amide bonds. The summed E-state index contributed by atoms with van der Waals surface area (Å²) in [6.07, 6.45) is 0.964. The van der Waals surface area contributed by atoms with Gasteiger partial charge in [0.2, 0.25) is 17.6 Å². The second kappa shape index (κ2) is 7.68. The minimum Gasteiger partial charge on any atom is -0.409 e. The van der Waals surface area contributed by atoms with Gasteiger partial charge in [0, 0.05) is 12.1 Å². The van der Waals surface area contributed by atoms with Gasteiger partial charge >= 0.3 is 0 Å². The topological polar surface area (TPSA) is 113 Å². The zero-order valence-corrected chi connectivity index (χ0v) is 13.6. The molecule has 0 unspecified atom stereocenters. The monoisotopic (exact) mass is 385 g/mol. The van der Waals surface area contributed by atoms with Gasteiger partial charge in [0.15, 0.2) is 5.69 Å². The largest absolute Gasteiger partial charge is 0.409 e. The number of carbonyl (C=O) groups excluding carboxylic acids is 1. The summed E-state index contributed by atoms with van der Waals surface area (Å²) in [4.78, 5) is 11.6. The van der Waals surface area contributed by atoms with E-state index in [1.807, 2.05) is 6.92 Å². The predicted octanol–water partition coefficient (Wildman–Crippen LogP) is 2.96. The van der Waals surface area contributed by atoms with Crippen LogP contribution in [0.4, 0.5) is 15.9 Å². The van der Waals surface area contributed by atoms with Crippen molar-refractivity contribution in [2.75, 3.05) is 10.6 Å². The highest BCUT2D eigenvalue weighted by Gasteiger charge is 2.19. The molecule has 8 nitrogen and oxygen atoms in total. The Kier molecular flexibility index (Phi) is 5.63. The van der Waals surface area contributed by atoms with Crippen LogP contribution in [-0.4, -0.2) is 27.3 Å². The van der Waals surface area contributed by atoms with Gasteiger partial charge in [-0.15, -0.1) is 0 Å². The van der Waals surface area contributed by atoms with Crippen molar-refractivity contribution >= 4 is 39.2 Å². The third kappa shape index (κ3) is 4.25. The summed E-state index contributed by atoms with van der Waals surface area (Å²) in [5.41, 5.74) is 0.442. The van der Waals surface area contributed by atoms with Gasteiger partial charge in [-0.05, 0) is 50.9 Å². The number of halogens is 2. The van der Waals surface area contributed by atoms with Crippen LogP contribution < -0.4 is 10.6 Å². The first kappa shape index (κ1) is 16.9. The van der Waals surface area contributed by atoms with Crippen molar-refractivity contribution in [2.24, 2.45) is 5.16 Å². The molecule has 2 aromatic rings. The summed E-state index contributed by atoms with van der Waals surface area (Å²) in [6.45, 7) is 1.86. The fourth-order valence-electron chi connectivity index (χ4n) is 1.69. The molecule has 0 fully saturated rings. The molecule has 1 heterocycles. The molecule has 0 aliphatic heterocycles. The first-order chi connectivity index (χ1) is 11.0. The summed E-state index contributed by atoms with van der Waals surface area (Å²) in [7, 11) is 0. The molecule has 0 saturated carbocycles. The number of hydrogen-bond donors (Lipinski definition) is 3. The van der Waals surface area contributed by atoms with Gasteiger partial charge in [0.05, 0.1) is 4.47 Å². The molecule has 0 spiro atoms. The first-order valence-electron chi connectivity index (χ1n) is 6.62. The molecule has 0 aliphatic rings. The standard InChI is InChI=1S/C13H13BrFN5O3/c1-2-3-10(21)17-13-11(19-23-20-13)12(18-22)16-7-4-5-9(15)8(14)6-7/h4-6,22H,2-3H2,1H3,(H,16,18)(H,17,20,21). The molecule has 0 radical (unpaired) electrons. The first-order valence-corrected chi connectivity index (χ1v) is 7.41. The molecular formula is C13H13BrFN5O3. The van der Waals surface area contributed by atoms with Crippen molar-refractivity contribution in [2.45, 2.75) is 19.8 Å². The van der Waals surface area contributed by atoms with Crippen LogP contribution in [0.3, 0.4) is 0 Å². The molecule has 23 heavy (non-hydrogen) atoms. The Hall–Kier alpha value is -2.49. The van der Waals surface area contributed by atoms with Crippen molar-refractivity contribution < 1.29 is 19.0 Å². The van der Waals surface area contributed by atoms with Crippen LogP contribution in [0, 0.1) is 5.82 Å². The number of rotatable bonds is 5. The van der Waals surface area contributed by atoms with E-state index in [0.717, 1.165) is 0 Å². The lowest BCUT2D eigenvalue weighted by atomic mass is 10.3. The zero-order valence-electron chi connectivity index (χ0n) is 12.0. The van der Waals surface area contributed by atoms with E-state index in [9.17, 15) is 9.18 Å². The predicted molar refractivity (Wildman–Crippen MR) is 83.9 cm³/mol. The molecule has 1 aromatic carbocycles. The van der Waals surface area contributed by atoms with E-state index >= 15 is 0 Å². The van der Waals surface area contributed by atoms with Gasteiger partial charge in [0.1, 0.15) is 5.82 Å². The maximum atomic E-state index is 13.2.